The largest absolute Gasteiger partial charge is 0.296 e. The average molecular weight is 564 g/mol. The highest BCUT2D eigenvalue weighted by Gasteiger charge is 2.24. The fourth-order valence-corrected chi connectivity index (χ4v) is 6.72. The topological polar surface area (TPSA) is 138 Å². The second-order valence-corrected chi connectivity index (χ2v) is 12.3. The first-order valence-corrected chi connectivity index (χ1v) is 14.2. The number of nitrogens with one attached hydrogen (secondary N) is 2. The number of rotatable bonds is 9. The van der Waals surface area contributed by atoms with Crippen LogP contribution in [0, 0.1) is 0 Å². The standard InChI is InChI=1S/C19H19Cl2N5O5S3/c1-3-26(4-2)34(30,31)14-8-6-13(7-9-14)25-33(28,29)19-24-23-18(32-19)22-17(27)15-10-5-12(20)11-16(15)21/h5-11,25H,3-4H2,1-2H3,(H,22,23,27). The number of hydrogen-bond donors (Lipinski definition) is 2. The van der Waals surface area contributed by atoms with Crippen LogP contribution in [-0.4, -0.2) is 50.3 Å². The summed E-state index contributed by atoms with van der Waals surface area (Å²) in [4.78, 5) is 12.4. The van der Waals surface area contributed by atoms with E-state index in [-0.39, 0.29) is 26.3 Å². The van der Waals surface area contributed by atoms with Crippen molar-refractivity contribution in [3.63, 3.8) is 0 Å². The van der Waals surface area contributed by atoms with E-state index in [1.807, 2.05) is 0 Å². The molecule has 0 aliphatic heterocycles. The Bertz CT molecular complexity index is 1410. The molecule has 2 N–H and O–H groups in total. The molecule has 0 saturated carbocycles. The van der Waals surface area contributed by atoms with Crippen LogP contribution in [0.3, 0.4) is 0 Å². The minimum atomic E-state index is -4.14. The lowest BCUT2D eigenvalue weighted by atomic mass is 10.2. The monoisotopic (exact) mass is 563 g/mol. The van der Waals surface area contributed by atoms with Gasteiger partial charge in [-0.15, -0.1) is 10.2 Å². The van der Waals surface area contributed by atoms with Crippen LogP contribution >= 0.6 is 34.5 Å². The van der Waals surface area contributed by atoms with Crippen molar-refractivity contribution in [2.24, 2.45) is 0 Å². The highest BCUT2D eigenvalue weighted by molar-refractivity contribution is 7.94. The van der Waals surface area contributed by atoms with Crippen LogP contribution in [0.1, 0.15) is 24.2 Å². The molecule has 15 heteroatoms. The van der Waals surface area contributed by atoms with Crippen LogP contribution in [0.15, 0.2) is 51.7 Å². The first-order valence-electron chi connectivity index (χ1n) is 9.71. The van der Waals surface area contributed by atoms with E-state index in [0.717, 1.165) is 0 Å². The van der Waals surface area contributed by atoms with Gasteiger partial charge in [-0.05, 0) is 42.5 Å². The second-order valence-electron chi connectivity index (χ2n) is 6.67. The van der Waals surface area contributed by atoms with Gasteiger partial charge in [0.2, 0.25) is 15.2 Å². The van der Waals surface area contributed by atoms with Crippen molar-refractivity contribution in [2.75, 3.05) is 23.1 Å². The molecule has 0 radical (unpaired) electrons. The van der Waals surface area contributed by atoms with Gasteiger partial charge in [0.15, 0.2) is 0 Å². The van der Waals surface area contributed by atoms with E-state index >= 15 is 0 Å². The molecule has 0 aliphatic carbocycles. The number of aromatic nitrogens is 2. The maximum absolute atomic E-state index is 12.7. The van der Waals surface area contributed by atoms with Crippen LogP contribution in [0.5, 0.6) is 0 Å². The van der Waals surface area contributed by atoms with Gasteiger partial charge in [0.05, 0.1) is 15.5 Å². The number of anilines is 2. The Hall–Kier alpha value is -2.29. The quantitative estimate of drug-likeness (QED) is 0.376. The van der Waals surface area contributed by atoms with Gasteiger partial charge >= 0.3 is 0 Å². The van der Waals surface area contributed by atoms with E-state index in [1.54, 1.807) is 13.8 Å². The van der Waals surface area contributed by atoms with Crippen LogP contribution in [0.25, 0.3) is 0 Å². The third kappa shape index (κ3) is 5.85. The SMILES string of the molecule is CCN(CC)S(=O)(=O)c1ccc(NS(=O)(=O)c2nnc(NC(=O)c3ccc(Cl)cc3Cl)s2)cc1. The van der Waals surface area contributed by atoms with Crippen molar-refractivity contribution in [3.05, 3.63) is 58.1 Å². The van der Waals surface area contributed by atoms with Gasteiger partial charge in [-0.2, -0.15) is 12.7 Å². The summed E-state index contributed by atoms with van der Waals surface area (Å²) < 4.78 is 53.7. The number of nitrogens with zero attached hydrogens (tertiary/aromatic N) is 3. The molecular formula is C19H19Cl2N5O5S3. The zero-order valence-corrected chi connectivity index (χ0v) is 21.8. The smallest absolute Gasteiger partial charge is 0.291 e. The summed E-state index contributed by atoms with van der Waals surface area (Å²) in [7, 11) is -7.81. The Morgan fingerprint density at radius 2 is 1.65 bits per heavy atom. The van der Waals surface area contributed by atoms with E-state index in [9.17, 15) is 21.6 Å². The Morgan fingerprint density at radius 3 is 2.24 bits per heavy atom. The zero-order valence-electron chi connectivity index (χ0n) is 17.8. The third-order valence-electron chi connectivity index (χ3n) is 4.48. The third-order valence-corrected chi connectivity index (χ3v) is 9.68. The molecule has 34 heavy (non-hydrogen) atoms. The molecular weight excluding hydrogens is 545 g/mol. The average Bonchev–Trinajstić information content (AvgIpc) is 3.24. The van der Waals surface area contributed by atoms with Crippen molar-refractivity contribution in [3.8, 4) is 0 Å². The minimum absolute atomic E-state index is 0.0425. The number of carbonyl (C=O) groups is 1. The van der Waals surface area contributed by atoms with Gasteiger partial charge in [0.25, 0.3) is 20.3 Å². The molecule has 0 aliphatic rings. The molecule has 10 nitrogen and oxygen atoms in total. The van der Waals surface area contributed by atoms with Gasteiger partial charge in [0.1, 0.15) is 0 Å². The Kier molecular flexibility index (Phi) is 8.16. The summed E-state index contributed by atoms with van der Waals surface area (Å²) >= 11 is 12.5. The van der Waals surface area contributed by atoms with Crippen LogP contribution < -0.4 is 10.0 Å². The molecule has 1 amide bonds. The predicted octanol–water partition coefficient (Wildman–Crippen LogP) is 3.93. The van der Waals surface area contributed by atoms with E-state index in [2.05, 4.69) is 20.2 Å². The first-order chi connectivity index (χ1) is 16.0. The Balaban J connectivity index is 1.73. The molecule has 0 spiro atoms. The Labute approximate surface area is 211 Å². The van der Waals surface area contributed by atoms with E-state index < -0.39 is 30.3 Å². The minimum Gasteiger partial charge on any atom is -0.296 e. The van der Waals surface area contributed by atoms with Gasteiger partial charge in [-0.3, -0.25) is 14.8 Å². The lowest BCUT2D eigenvalue weighted by Gasteiger charge is -2.18. The number of amides is 1. The molecule has 182 valence electrons. The summed E-state index contributed by atoms with van der Waals surface area (Å²) in [6.45, 7) is 4.08. The van der Waals surface area contributed by atoms with Crippen molar-refractivity contribution >= 4 is 71.3 Å². The van der Waals surface area contributed by atoms with E-state index in [1.165, 1.54) is 46.8 Å². The van der Waals surface area contributed by atoms with Crippen LogP contribution in [0.2, 0.25) is 10.0 Å². The van der Waals surface area contributed by atoms with Gasteiger partial charge in [-0.1, -0.05) is 48.4 Å². The zero-order chi connectivity index (χ0) is 25.1. The highest BCUT2D eigenvalue weighted by atomic mass is 35.5. The molecule has 3 rings (SSSR count). The van der Waals surface area contributed by atoms with Crippen molar-refractivity contribution in [1.82, 2.24) is 14.5 Å². The molecule has 0 bridgehead atoms. The first kappa shape index (κ1) is 26.3. The molecule has 0 saturated heterocycles. The maximum Gasteiger partial charge on any atom is 0.291 e. The lowest BCUT2D eigenvalue weighted by Crippen LogP contribution is -2.30. The fraction of sp³-hybridized carbons (Fsp3) is 0.211. The van der Waals surface area contributed by atoms with Gasteiger partial charge in [-0.25, -0.2) is 8.42 Å². The summed E-state index contributed by atoms with van der Waals surface area (Å²) in [5, 5.41) is 10.2. The molecule has 1 aromatic heterocycles. The molecule has 0 atom stereocenters. The maximum atomic E-state index is 12.7. The molecule has 2 aromatic carbocycles. The normalized spacial score (nSPS) is 12.0. The van der Waals surface area contributed by atoms with Crippen molar-refractivity contribution < 1.29 is 21.6 Å². The number of hydrogen-bond acceptors (Lipinski definition) is 8. The van der Waals surface area contributed by atoms with Crippen molar-refractivity contribution in [1.29, 1.82) is 0 Å². The number of halogens is 2. The summed E-state index contributed by atoms with van der Waals surface area (Å²) in [6, 6.07) is 9.60. The summed E-state index contributed by atoms with van der Waals surface area (Å²) in [6.07, 6.45) is 0. The summed E-state index contributed by atoms with van der Waals surface area (Å²) in [5.74, 6) is -0.611. The van der Waals surface area contributed by atoms with Crippen molar-refractivity contribution in [2.45, 2.75) is 23.1 Å². The van der Waals surface area contributed by atoms with Crippen LogP contribution in [0.4, 0.5) is 10.8 Å². The lowest BCUT2D eigenvalue weighted by molar-refractivity contribution is 0.102. The predicted molar refractivity (Wildman–Crippen MR) is 132 cm³/mol. The van der Waals surface area contributed by atoms with Crippen LogP contribution in [-0.2, 0) is 20.0 Å². The number of sulfonamides is 2. The van der Waals surface area contributed by atoms with Gasteiger partial charge < -0.3 is 0 Å². The van der Waals surface area contributed by atoms with E-state index in [4.69, 9.17) is 23.2 Å². The summed E-state index contributed by atoms with van der Waals surface area (Å²) in [5.41, 5.74) is 0.260. The molecule has 1 heterocycles. The number of benzene rings is 2. The highest BCUT2D eigenvalue weighted by Crippen LogP contribution is 2.26. The second kappa shape index (κ2) is 10.5. The number of carbonyl (C=O) groups excluding carboxylic acids is 1. The fourth-order valence-electron chi connectivity index (χ4n) is 2.81. The Morgan fingerprint density at radius 1 is 1.00 bits per heavy atom. The molecule has 0 fully saturated rings. The molecule has 0 unspecified atom stereocenters. The van der Waals surface area contributed by atoms with E-state index in [0.29, 0.717) is 29.4 Å². The van der Waals surface area contributed by atoms with Gasteiger partial charge in [0, 0.05) is 23.8 Å². The molecule has 3 aromatic rings.